The first-order valence-corrected chi connectivity index (χ1v) is 12.3. The molecule has 4 rings (SSSR count). The van der Waals surface area contributed by atoms with Crippen LogP contribution in [0.2, 0.25) is 0 Å². The first-order valence-electron chi connectivity index (χ1n) is 10.9. The molecule has 0 bridgehead atoms. The van der Waals surface area contributed by atoms with Crippen molar-refractivity contribution in [1.82, 2.24) is 14.1 Å². The van der Waals surface area contributed by atoms with Crippen LogP contribution in [0.1, 0.15) is 5.56 Å². The highest BCUT2D eigenvalue weighted by molar-refractivity contribution is 7.89. The van der Waals surface area contributed by atoms with Crippen LogP contribution in [0.3, 0.4) is 0 Å². The number of fused-ring (bicyclic) bond motifs is 1. The van der Waals surface area contributed by atoms with E-state index >= 15 is 0 Å². The predicted octanol–water partition coefficient (Wildman–Crippen LogP) is 1.43. The molecule has 1 amide bonds. The van der Waals surface area contributed by atoms with Crippen molar-refractivity contribution >= 4 is 15.9 Å². The van der Waals surface area contributed by atoms with Gasteiger partial charge in [0.1, 0.15) is 12.4 Å². The number of sulfonamides is 1. The zero-order chi connectivity index (χ0) is 23.4. The molecule has 2 aliphatic rings. The standard InChI is InChI=1S/C23H29N3O6S/c1-30-21-8-7-19(15-22(21)31-2)33(28,29)26-11-9-25(10-12-26)23(27)17-24-13-14-32-20-6-4-3-5-18(20)16-24/h3-8,15H,9-14,16-17H2,1-2H3. The Bertz CT molecular complexity index is 1100. The van der Waals surface area contributed by atoms with E-state index in [2.05, 4.69) is 4.90 Å². The maximum Gasteiger partial charge on any atom is 0.243 e. The largest absolute Gasteiger partial charge is 0.493 e. The first kappa shape index (κ1) is 23.3. The third-order valence-corrected chi connectivity index (χ3v) is 7.87. The number of nitrogens with zero attached hydrogens (tertiary/aromatic N) is 3. The van der Waals surface area contributed by atoms with Crippen molar-refractivity contribution in [3.05, 3.63) is 48.0 Å². The van der Waals surface area contributed by atoms with Crippen molar-refractivity contribution in [2.24, 2.45) is 0 Å². The van der Waals surface area contributed by atoms with Crippen LogP contribution in [0.15, 0.2) is 47.4 Å². The van der Waals surface area contributed by atoms with E-state index in [-0.39, 0.29) is 30.4 Å². The van der Waals surface area contributed by atoms with Gasteiger partial charge in [0.05, 0.1) is 25.7 Å². The fourth-order valence-corrected chi connectivity index (χ4v) is 5.55. The number of ether oxygens (including phenoxy) is 3. The van der Waals surface area contributed by atoms with E-state index in [1.807, 2.05) is 24.3 Å². The van der Waals surface area contributed by atoms with Gasteiger partial charge in [0.2, 0.25) is 15.9 Å². The molecule has 2 aliphatic heterocycles. The Morgan fingerprint density at radius 3 is 2.42 bits per heavy atom. The first-order chi connectivity index (χ1) is 15.9. The van der Waals surface area contributed by atoms with Gasteiger partial charge in [-0.1, -0.05) is 18.2 Å². The van der Waals surface area contributed by atoms with Gasteiger partial charge in [0, 0.05) is 50.9 Å². The second kappa shape index (κ2) is 9.98. The van der Waals surface area contributed by atoms with Crippen molar-refractivity contribution in [3.63, 3.8) is 0 Å². The number of methoxy groups -OCH3 is 2. The Balaban J connectivity index is 1.36. The minimum atomic E-state index is -3.70. The summed E-state index contributed by atoms with van der Waals surface area (Å²) in [6.07, 6.45) is 0. The van der Waals surface area contributed by atoms with Crippen LogP contribution in [-0.2, 0) is 21.4 Å². The molecule has 0 unspecified atom stereocenters. The molecule has 1 saturated heterocycles. The molecule has 178 valence electrons. The number of carbonyl (C=O) groups excluding carboxylic acids is 1. The summed E-state index contributed by atoms with van der Waals surface area (Å²) in [6, 6.07) is 12.4. The van der Waals surface area contributed by atoms with Crippen molar-refractivity contribution < 1.29 is 27.4 Å². The quantitative estimate of drug-likeness (QED) is 0.625. The van der Waals surface area contributed by atoms with Crippen molar-refractivity contribution in [3.8, 4) is 17.2 Å². The van der Waals surface area contributed by atoms with Crippen LogP contribution in [0.4, 0.5) is 0 Å². The number of amides is 1. The topological polar surface area (TPSA) is 88.6 Å². The summed E-state index contributed by atoms with van der Waals surface area (Å²) >= 11 is 0. The molecule has 9 nitrogen and oxygen atoms in total. The Hall–Kier alpha value is -2.82. The Morgan fingerprint density at radius 1 is 0.970 bits per heavy atom. The van der Waals surface area contributed by atoms with E-state index in [1.165, 1.54) is 30.7 Å². The summed E-state index contributed by atoms with van der Waals surface area (Å²) < 4.78 is 43.8. The number of carbonyl (C=O) groups is 1. The summed E-state index contributed by atoms with van der Waals surface area (Å²) in [4.78, 5) is 16.9. The average Bonchev–Trinajstić information content (AvgIpc) is 3.05. The van der Waals surface area contributed by atoms with Gasteiger partial charge in [-0.3, -0.25) is 9.69 Å². The van der Waals surface area contributed by atoms with Gasteiger partial charge >= 0.3 is 0 Å². The third-order valence-electron chi connectivity index (χ3n) is 5.97. The number of hydrogen-bond donors (Lipinski definition) is 0. The van der Waals surface area contributed by atoms with Gasteiger partial charge in [-0.2, -0.15) is 4.31 Å². The van der Waals surface area contributed by atoms with Crippen molar-refractivity contribution in [2.45, 2.75) is 11.4 Å². The zero-order valence-corrected chi connectivity index (χ0v) is 19.7. The number of benzene rings is 2. The summed E-state index contributed by atoms with van der Waals surface area (Å²) in [5.41, 5.74) is 1.06. The van der Waals surface area contributed by atoms with Gasteiger partial charge in [-0.15, -0.1) is 0 Å². The van der Waals surface area contributed by atoms with E-state index in [9.17, 15) is 13.2 Å². The van der Waals surface area contributed by atoms with Crippen molar-refractivity contribution in [2.75, 3.05) is 60.1 Å². The Morgan fingerprint density at radius 2 is 1.70 bits per heavy atom. The Labute approximate surface area is 194 Å². The van der Waals surface area contributed by atoms with Crippen LogP contribution in [0.25, 0.3) is 0 Å². The molecular formula is C23H29N3O6S. The minimum Gasteiger partial charge on any atom is -0.493 e. The molecule has 1 fully saturated rings. The highest BCUT2D eigenvalue weighted by Crippen LogP contribution is 2.31. The van der Waals surface area contributed by atoms with Crippen LogP contribution in [-0.4, -0.2) is 88.5 Å². The van der Waals surface area contributed by atoms with Gasteiger partial charge in [-0.25, -0.2) is 8.42 Å². The maximum absolute atomic E-state index is 13.1. The normalized spacial score (nSPS) is 17.6. The fourth-order valence-electron chi connectivity index (χ4n) is 4.11. The number of rotatable bonds is 6. The van der Waals surface area contributed by atoms with Crippen LogP contribution in [0, 0.1) is 0 Å². The summed E-state index contributed by atoms with van der Waals surface area (Å²) in [5, 5.41) is 0. The third kappa shape index (κ3) is 5.07. The van der Waals surface area contributed by atoms with Gasteiger partial charge < -0.3 is 19.1 Å². The monoisotopic (exact) mass is 475 g/mol. The molecule has 10 heteroatoms. The lowest BCUT2D eigenvalue weighted by molar-refractivity contribution is -0.133. The molecule has 0 aliphatic carbocycles. The second-order valence-corrected chi connectivity index (χ2v) is 9.91. The predicted molar refractivity (Wildman–Crippen MR) is 122 cm³/mol. The van der Waals surface area contributed by atoms with E-state index in [0.717, 1.165) is 11.3 Å². The summed E-state index contributed by atoms with van der Waals surface area (Å²) in [5.74, 6) is 1.68. The second-order valence-electron chi connectivity index (χ2n) is 7.97. The smallest absolute Gasteiger partial charge is 0.243 e. The molecule has 0 spiro atoms. The molecule has 0 aromatic heterocycles. The number of hydrogen-bond acceptors (Lipinski definition) is 7. The maximum atomic E-state index is 13.1. The van der Waals surface area contributed by atoms with Crippen LogP contribution in [0.5, 0.6) is 17.2 Å². The highest BCUT2D eigenvalue weighted by Gasteiger charge is 2.31. The highest BCUT2D eigenvalue weighted by atomic mass is 32.2. The van der Waals surface area contributed by atoms with Crippen molar-refractivity contribution in [1.29, 1.82) is 0 Å². The summed E-state index contributed by atoms with van der Waals surface area (Å²) in [6.45, 7) is 3.31. The molecule has 2 aromatic rings. The van der Waals surface area contributed by atoms with Gasteiger partial charge in [0.15, 0.2) is 11.5 Å². The lowest BCUT2D eigenvalue weighted by Gasteiger charge is -2.35. The van der Waals surface area contributed by atoms with Gasteiger partial charge in [-0.05, 0) is 18.2 Å². The molecule has 0 N–H and O–H groups in total. The molecule has 0 radical (unpaired) electrons. The van der Waals surface area contributed by atoms with E-state index in [1.54, 1.807) is 11.0 Å². The lowest BCUT2D eigenvalue weighted by Crippen LogP contribution is -2.52. The molecule has 2 aromatic carbocycles. The van der Waals surface area contributed by atoms with Gasteiger partial charge in [0.25, 0.3) is 0 Å². The summed E-state index contributed by atoms with van der Waals surface area (Å²) in [7, 11) is -0.736. The average molecular weight is 476 g/mol. The van der Waals surface area contributed by atoms with Crippen LogP contribution >= 0.6 is 0 Å². The minimum absolute atomic E-state index is 0.00227. The molecular weight excluding hydrogens is 446 g/mol. The molecule has 2 heterocycles. The van der Waals surface area contributed by atoms with E-state index in [4.69, 9.17) is 14.2 Å². The molecule has 0 atom stereocenters. The number of para-hydroxylation sites is 1. The molecule has 33 heavy (non-hydrogen) atoms. The number of piperazine rings is 1. The lowest BCUT2D eigenvalue weighted by atomic mass is 10.2. The van der Waals surface area contributed by atoms with Crippen LogP contribution < -0.4 is 14.2 Å². The SMILES string of the molecule is COc1ccc(S(=O)(=O)N2CCN(C(=O)CN3CCOc4ccccc4C3)CC2)cc1OC. The fraction of sp³-hybridized carbons (Fsp3) is 0.435. The zero-order valence-electron chi connectivity index (χ0n) is 18.9. The van der Waals surface area contributed by atoms with E-state index in [0.29, 0.717) is 44.3 Å². The Kier molecular flexibility index (Phi) is 7.06. The van der Waals surface area contributed by atoms with E-state index < -0.39 is 10.0 Å². The molecule has 0 saturated carbocycles.